The molecule has 1 atom stereocenters. The zero-order chi connectivity index (χ0) is 23.8. The number of rotatable bonds is 5. The van der Waals surface area contributed by atoms with Crippen molar-refractivity contribution in [2.75, 3.05) is 13.1 Å². The lowest BCUT2D eigenvalue weighted by molar-refractivity contribution is 0.167. The molecule has 5 rings (SSSR count). The van der Waals surface area contributed by atoms with Crippen molar-refractivity contribution in [3.63, 3.8) is 0 Å². The second kappa shape index (κ2) is 9.37. The van der Waals surface area contributed by atoms with E-state index in [1.165, 1.54) is 32.7 Å². The van der Waals surface area contributed by atoms with Gasteiger partial charge >= 0.3 is 5.69 Å². The smallest absolute Gasteiger partial charge is 0.331 e. The number of aryl methyl sites for hydroxylation is 2. The van der Waals surface area contributed by atoms with Crippen molar-refractivity contribution < 1.29 is 4.74 Å². The van der Waals surface area contributed by atoms with Gasteiger partial charge in [-0.3, -0.25) is 14.3 Å². The Morgan fingerprint density at radius 3 is 2.88 bits per heavy atom. The van der Waals surface area contributed by atoms with Gasteiger partial charge in [0.05, 0.1) is 16.8 Å². The van der Waals surface area contributed by atoms with Gasteiger partial charge in [0, 0.05) is 53.1 Å². The van der Waals surface area contributed by atoms with Crippen molar-refractivity contribution in [1.29, 1.82) is 0 Å². The fraction of sp³-hybridized carbons (Fsp3) is 0.320. The summed E-state index contributed by atoms with van der Waals surface area (Å²) in [5.41, 5.74) is 3.01. The molecule has 3 aromatic heterocycles. The van der Waals surface area contributed by atoms with Gasteiger partial charge in [-0.25, -0.2) is 4.79 Å². The minimum Gasteiger partial charge on any atom is -0.488 e. The largest absolute Gasteiger partial charge is 0.488 e. The summed E-state index contributed by atoms with van der Waals surface area (Å²) in [6, 6.07) is 9.16. The van der Waals surface area contributed by atoms with Gasteiger partial charge in [0.25, 0.3) is 5.56 Å². The molecule has 1 fully saturated rings. The molecule has 0 amide bonds. The van der Waals surface area contributed by atoms with Gasteiger partial charge in [-0.15, -0.1) is 11.3 Å². The number of piperidine rings is 1. The lowest BCUT2D eigenvalue weighted by Gasteiger charge is -2.26. The van der Waals surface area contributed by atoms with Gasteiger partial charge < -0.3 is 14.6 Å². The Hall–Kier alpha value is -2.94. The fourth-order valence-corrected chi connectivity index (χ4v) is 5.77. The number of fused-ring (bicyclic) bond motifs is 1. The first-order chi connectivity index (χ1) is 16.4. The summed E-state index contributed by atoms with van der Waals surface area (Å²) >= 11 is 7.99. The Morgan fingerprint density at radius 1 is 1.24 bits per heavy atom. The first-order valence-corrected chi connectivity index (χ1v) is 12.4. The topological polar surface area (TPSA) is 78.2 Å². The van der Waals surface area contributed by atoms with Gasteiger partial charge in [-0.05, 0) is 56.1 Å². The van der Waals surface area contributed by atoms with E-state index in [9.17, 15) is 9.59 Å². The zero-order valence-corrected chi connectivity index (χ0v) is 20.6. The van der Waals surface area contributed by atoms with Crippen molar-refractivity contribution in [1.82, 2.24) is 19.4 Å². The summed E-state index contributed by atoms with van der Waals surface area (Å²) in [7, 11) is 1.63. The molecule has 1 aromatic carbocycles. The van der Waals surface area contributed by atoms with E-state index in [0.717, 1.165) is 63.5 Å². The molecular formula is C25H25ClN4O3S. The monoisotopic (exact) mass is 496 g/mol. The van der Waals surface area contributed by atoms with E-state index in [1.807, 2.05) is 31.2 Å². The highest BCUT2D eigenvalue weighted by atomic mass is 35.5. The quantitative estimate of drug-likeness (QED) is 0.452. The van der Waals surface area contributed by atoms with Crippen LogP contribution in [0.3, 0.4) is 0 Å². The standard InChI is InChI=1S/C25H25ClN4O3S/c1-15-10-16(26)11-20(23(15)33-17-4-3-7-27-13-17)19-5-8-28-21-12-18(34-24(19)21)14-30-22(31)6-9-29(2)25(30)32/h5-6,8-12,17,27H,3-4,7,13-14H2,1-2H3/t17-/m0/s1. The van der Waals surface area contributed by atoms with E-state index >= 15 is 0 Å². The van der Waals surface area contributed by atoms with Crippen LogP contribution < -0.4 is 21.3 Å². The number of nitrogens with one attached hydrogen (secondary N) is 1. The third-order valence-electron chi connectivity index (χ3n) is 6.08. The highest BCUT2D eigenvalue weighted by Gasteiger charge is 2.21. The van der Waals surface area contributed by atoms with Crippen LogP contribution in [0.2, 0.25) is 5.02 Å². The molecule has 0 bridgehead atoms. The number of hydrogen-bond donors (Lipinski definition) is 1. The molecule has 0 unspecified atom stereocenters. The molecule has 4 aromatic rings. The van der Waals surface area contributed by atoms with E-state index in [4.69, 9.17) is 16.3 Å². The third-order valence-corrected chi connectivity index (χ3v) is 7.44. The van der Waals surface area contributed by atoms with Crippen LogP contribution in [0.5, 0.6) is 5.75 Å². The van der Waals surface area contributed by atoms with Crippen molar-refractivity contribution in [3.8, 4) is 16.9 Å². The van der Waals surface area contributed by atoms with Crippen LogP contribution in [-0.4, -0.2) is 33.3 Å². The average molecular weight is 497 g/mol. The number of pyridine rings is 1. The number of halogens is 1. The Labute approximate surface area is 205 Å². The Morgan fingerprint density at radius 2 is 2.09 bits per heavy atom. The van der Waals surface area contributed by atoms with Crippen LogP contribution in [0.25, 0.3) is 21.3 Å². The molecule has 176 valence electrons. The molecule has 1 N–H and O–H groups in total. The molecule has 34 heavy (non-hydrogen) atoms. The maximum Gasteiger partial charge on any atom is 0.331 e. The van der Waals surface area contributed by atoms with Crippen molar-refractivity contribution in [2.24, 2.45) is 7.05 Å². The number of ether oxygens (including phenoxy) is 1. The number of hydrogen-bond acceptors (Lipinski definition) is 6. The lowest BCUT2D eigenvalue weighted by Crippen LogP contribution is -2.37. The second-order valence-corrected chi connectivity index (χ2v) is 10.2. The normalized spacial score (nSPS) is 16.1. The average Bonchev–Trinajstić information content (AvgIpc) is 3.24. The Balaban J connectivity index is 1.59. The molecule has 0 aliphatic carbocycles. The molecule has 7 nitrogen and oxygen atoms in total. The van der Waals surface area contributed by atoms with Gasteiger partial charge in [0.15, 0.2) is 0 Å². The lowest BCUT2D eigenvalue weighted by atomic mass is 10.0. The molecular weight excluding hydrogens is 472 g/mol. The highest BCUT2D eigenvalue weighted by Crippen LogP contribution is 2.42. The summed E-state index contributed by atoms with van der Waals surface area (Å²) in [4.78, 5) is 30.2. The molecule has 0 spiro atoms. The third kappa shape index (κ3) is 4.41. The van der Waals surface area contributed by atoms with Crippen LogP contribution in [0.1, 0.15) is 23.3 Å². The highest BCUT2D eigenvalue weighted by molar-refractivity contribution is 7.19. The Kier molecular flexibility index (Phi) is 6.29. The van der Waals surface area contributed by atoms with Crippen LogP contribution in [0.15, 0.2) is 52.3 Å². The predicted molar refractivity (Wildman–Crippen MR) is 136 cm³/mol. The van der Waals surface area contributed by atoms with Crippen molar-refractivity contribution >= 4 is 33.2 Å². The molecule has 4 heterocycles. The van der Waals surface area contributed by atoms with E-state index in [2.05, 4.69) is 10.3 Å². The van der Waals surface area contributed by atoms with Gasteiger partial charge in [-0.1, -0.05) is 11.6 Å². The van der Waals surface area contributed by atoms with E-state index < -0.39 is 0 Å². The first kappa shape index (κ1) is 22.8. The molecule has 0 radical (unpaired) electrons. The second-order valence-electron chi connectivity index (χ2n) is 8.60. The van der Waals surface area contributed by atoms with Gasteiger partial charge in [0.1, 0.15) is 11.9 Å². The number of nitrogens with zero attached hydrogens (tertiary/aromatic N) is 3. The SMILES string of the molecule is Cc1cc(Cl)cc(-c2ccnc3cc(Cn4c(=O)ccn(C)c4=O)sc23)c1O[C@H]1CCCNC1. The van der Waals surface area contributed by atoms with E-state index in [-0.39, 0.29) is 23.9 Å². The van der Waals surface area contributed by atoms with Gasteiger partial charge in [-0.2, -0.15) is 0 Å². The van der Waals surface area contributed by atoms with Gasteiger partial charge in [0.2, 0.25) is 0 Å². The van der Waals surface area contributed by atoms with E-state index in [1.54, 1.807) is 13.2 Å². The summed E-state index contributed by atoms with van der Waals surface area (Å²) < 4.78 is 10.1. The zero-order valence-electron chi connectivity index (χ0n) is 19.0. The first-order valence-electron chi connectivity index (χ1n) is 11.2. The summed E-state index contributed by atoms with van der Waals surface area (Å²) in [6.07, 6.45) is 5.44. The molecule has 0 saturated carbocycles. The number of aromatic nitrogens is 3. The molecule has 1 saturated heterocycles. The maximum atomic E-state index is 12.5. The fourth-order valence-electron chi connectivity index (χ4n) is 4.37. The van der Waals surface area contributed by atoms with Crippen molar-refractivity contribution in [2.45, 2.75) is 32.4 Å². The predicted octanol–water partition coefficient (Wildman–Crippen LogP) is 3.96. The van der Waals surface area contributed by atoms with Crippen molar-refractivity contribution in [3.05, 3.63) is 79.0 Å². The van der Waals surface area contributed by atoms with Crippen LogP contribution in [0, 0.1) is 6.92 Å². The summed E-state index contributed by atoms with van der Waals surface area (Å²) in [6.45, 7) is 4.04. The van der Waals surface area contributed by atoms with Crippen LogP contribution in [-0.2, 0) is 13.6 Å². The maximum absolute atomic E-state index is 12.5. The summed E-state index contributed by atoms with van der Waals surface area (Å²) in [5, 5.41) is 4.04. The van der Waals surface area contributed by atoms with E-state index in [0.29, 0.717) is 5.02 Å². The number of benzene rings is 1. The number of thiophene rings is 1. The molecule has 1 aliphatic heterocycles. The van der Waals surface area contributed by atoms with Crippen LogP contribution in [0.4, 0.5) is 0 Å². The molecule has 9 heteroatoms. The Bertz CT molecular complexity index is 1480. The summed E-state index contributed by atoms with van der Waals surface area (Å²) in [5.74, 6) is 0.827. The molecule has 1 aliphatic rings. The van der Waals surface area contributed by atoms with Crippen LogP contribution >= 0.6 is 22.9 Å². The minimum atomic E-state index is -0.347. The minimum absolute atomic E-state index is 0.102.